The minimum absolute atomic E-state index is 1.18. The molecule has 6 aromatic heterocycles. The molecule has 0 amide bonds. The van der Waals surface area contributed by atoms with Crippen molar-refractivity contribution < 1.29 is 0 Å². The molecule has 0 radical (unpaired) electrons. The zero-order valence-corrected chi connectivity index (χ0v) is 52.4. The number of nitrogens with zero attached hydrogens (tertiary/aromatic N) is 4. The Balaban J connectivity index is 0.000000132. The standard InChI is InChI=1S/C48H28N2S2.C40H26N2/c1-5-15-37-31(11-1)35-27-29(23-25-39(35)49(37)41-17-9-21-45-47(41)33-13-3-7-19-43(33)51-45)30-24-26-40-36(28-30)32-12-2-6-16-38(32)50(40)42-18-10-22-46-48(42)34-14-4-8-20-44(34)52-46;1-2-12-31(13-3-1)41-37-16-8-6-14-33(37)35-25-29(19-22-39(35)41)30-20-23-40-36(26-30)34-15-7-9-17-38(34)42(40)32-21-18-27-10-4-5-11-28(27)24-32/h1-28H;1-26H. The Labute approximate surface area is 548 Å². The molecule has 0 unspecified atom stereocenters. The van der Waals surface area contributed by atoms with Crippen LogP contribution >= 0.6 is 22.7 Å². The van der Waals surface area contributed by atoms with Crippen LogP contribution in [0.15, 0.2) is 328 Å². The van der Waals surface area contributed by atoms with Crippen molar-refractivity contribution in [3.05, 3.63) is 328 Å². The highest BCUT2D eigenvalue weighted by atomic mass is 32.1. The minimum Gasteiger partial charge on any atom is -0.309 e. The topological polar surface area (TPSA) is 19.7 Å². The average Bonchev–Trinajstić information content (AvgIpc) is 1.59. The van der Waals surface area contributed by atoms with Crippen LogP contribution < -0.4 is 0 Å². The number of benzene rings is 15. The summed E-state index contributed by atoms with van der Waals surface area (Å²) in [5.74, 6) is 0. The quantitative estimate of drug-likeness (QED) is 0.158. The van der Waals surface area contributed by atoms with Gasteiger partial charge in [0.2, 0.25) is 0 Å². The fourth-order valence-corrected chi connectivity index (χ4v) is 17.7. The highest BCUT2D eigenvalue weighted by Gasteiger charge is 2.22. The third-order valence-corrected chi connectivity index (χ3v) is 21.9. The van der Waals surface area contributed by atoms with E-state index in [0.717, 1.165) is 0 Å². The van der Waals surface area contributed by atoms with Gasteiger partial charge in [-0.2, -0.15) is 0 Å². The summed E-state index contributed by atoms with van der Waals surface area (Å²) in [4.78, 5) is 0. The van der Waals surface area contributed by atoms with Crippen molar-refractivity contribution in [2.24, 2.45) is 0 Å². The van der Waals surface area contributed by atoms with Crippen molar-refractivity contribution >= 4 is 161 Å². The maximum atomic E-state index is 2.47. The number of rotatable bonds is 6. The monoisotopic (exact) mass is 1230 g/mol. The van der Waals surface area contributed by atoms with Gasteiger partial charge in [-0.05, 0) is 166 Å². The van der Waals surface area contributed by atoms with Crippen molar-refractivity contribution in [2.45, 2.75) is 0 Å². The first-order chi connectivity index (χ1) is 46.6. The van der Waals surface area contributed by atoms with Crippen molar-refractivity contribution in [3.8, 4) is 45.0 Å². The van der Waals surface area contributed by atoms with E-state index in [9.17, 15) is 0 Å². The van der Waals surface area contributed by atoms with Crippen LogP contribution in [0.4, 0.5) is 0 Å². The van der Waals surface area contributed by atoms with E-state index in [2.05, 4.69) is 346 Å². The van der Waals surface area contributed by atoms with E-state index in [-0.39, 0.29) is 0 Å². The third kappa shape index (κ3) is 8.04. The molecule has 0 fully saturated rings. The molecule has 0 spiro atoms. The molecule has 0 atom stereocenters. The molecule has 6 heteroatoms. The van der Waals surface area contributed by atoms with Gasteiger partial charge in [-0.3, -0.25) is 0 Å². The van der Waals surface area contributed by atoms with Gasteiger partial charge in [0, 0.05) is 94.8 Å². The largest absolute Gasteiger partial charge is 0.309 e. The fourth-order valence-electron chi connectivity index (χ4n) is 15.5. The summed E-state index contributed by atoms with van der Waals surface area (Å²) in [6.45, 7) is 0. The zero-order valence-electron chi connectivity index (χ0n) is 50.8. The average molecular weight is 1230 g/mol. The number of fused-ring (bicyclic) bond motifs is 19. The van der Waals surface area contributed by atoms with Crippen LogP contribution in [-0.4, -0.2) is 18.3 Å². The molecular weight excluding hydrogens is 1180 g/mol. The molecule has 0 saturated heterocycles. The summed E-state index contributed by atoms with van der Waals surface area (Å²) in [7, 11) is 0. The second-order valence-electron chi connectivity index (χ2n) is 24.7. The van der Waals surface area contributed by atoms with E-state index in [1.54, 1.807) is 0 Å². The Morgan fingerprint density at radius 1 is 0.181 bits per heavy atom. The number of hydrogen-bond acceptors (Lipinski definition) is 2. The van der Waals surface area contributed by atoms with E-state index < -0.39 is 0 Å². The van der Waals surface area contributed by atoms with Gasteiger partial charge in [0.25, 0.3) is 0 Å². The third-order valence-electron chi connectivity index (χ3n) is 19.6. The minimum atomic E-state index is 1.18. The Hall–Kier alpha value is -11.8. The maximum Gasteiger partial charge on any atom is 0.0555 e. The van der Waals surface area contributed by atoms with E-state index >= 15 is 0 Å². The first-order valence-corrected chi connectivity index (χ1v) is 33.8. The lowest BCUT2D eigenvalue weighted by Gasteiger charge is -2.11. The SMILES string of the molecule is c1ccc(-n2c3ccccc3c3cc(-c4ccc5c(c4)c4ccccc4n5-c4ccc5ccccc5c4)ccc32)cc1.c1ccc2c(c1)sc1cccc(-n3c4ccccc4c4cc(-c5ccc6c(c5)c5ccccc5n6-c5cccc6sc7ccccc7c56)ccc43)c12. The van der Waals surface area contributed by atoms with Crippen LogP contribution in [0, 0.1) is 0 Å². The van der Waals surface area contributed by atoms with E-state index in [1.807, 2.05) is 22.7 Å². The smallest absolute Gasteiger partial charge is 0.0555 e. The van der Waals surface area contributed by atoms with Crippen molar-refractivity contribution in [1.82, 2.24) is 18.3 Å². The Morgan fingerprint density at radius 2 is 0.511 bits per heavy atom. The molecular formula is C88H54N4S2. The fraction of sp³-hybridized carbons (Fsp3) is 0. The molecule has 438 valence electrons. The molecule has 6 heterocycles. The van der Waals surface area contributed by atoms with E-state index in [0.29, 0.717) is 0 Å². The highest BCUT2D eigenvalue weighted by molar-refractivity contribution is 7.26. The van der Waals surface area contributed by atoms with Gasteiger partial charge >= 0.3 is 0 Å². The molecule has 0 aliphatic heterocycles. The number of aromatic nitrogens is 4. The van der Waals surface area contributed by atoms with Crippen LogP contribution in [0.2, 0.25) is 0 Å². The first kappa shape index (κ1) is 52.9. The molecule has 0 aliphatic carbocycles. The second-order valence-corrected chi connectivity index (χ2v) is 26.9. The lowest BCUT2D eigenvalue weighted by molar-refractivity contribution is 1.18. The Kier molecular flexibility index (Phi) is 11.7. The van der Waals surface area contributed by atoms with Crippen LogP contribution in [0.1, 0.15) is 0 Å². The van der Waals surface area contributed by atoms with Crippen LogP contribution in [0.25, 0.3) is 183 Å². The lowest BCUT2D eigenvalue weighted by atomic mass is 10.0. The Morgan fingerprint density at radius 3 is 0.957 bits per heavy atom. The van der Waals surface area contributed by atoms with Crippen molar-refractivity contribution in [1.29, 1.82) is 0 Å². The number of para-hydroxylation sites is 5. The van der Waals surface area contributed by atoms with Crippen molar-refractivity contribution in [2.75, 3.05) is 0 Å². The van der Waals surface area contributed by atoms with Gasteiger partial charge in [0.05, 0.1) is 55.5 Å². The number of thiophene rings is 2. The molecule has 15 aromatic carbocycles. The molecule has 0 saturated carbocycles. The lowest BCUT2D eigenvalue weighted by Crippen LogP contribution is -1.94. The summed E-state index contributed by atoms with van der Waals surface area (Å²) < 4.78 is 15.0. The predicted octanol–water partition coefficient (Wildman–Crippen LogP) is 25.0. The summed E-state index contributed by atoms with van der Waals surface area (Å²) in [5.41, 5.74) is 19.5. The molecule has 0 aliphatic rings. The van der Waals surface area contributed by atoms with Gasteiger partial charge in [-0.15, -0.1) is 22.7 Å². The van der Waals surface area contributed by atoms with Crippen LogP contribution in [-0.2, 0) is 0 Å². The molecule has 21 aromatic rings. The van der Waals surface area contributed by atoms with Crippen LogP contribution in [0.3, 0.4) is 0 Å². The highest BCUT2D eigenvalue weighted by Crippen LogP contribution is 2.46. The molecule has 0 bridgehead atoms. The molecule has 21 rings (SSSR count). The predicted molar refractivity (Wildman–Crippen MR) is 404 cm³/mol. The van der Waals surface area contributed by atoms with Crippen LogP contribution in [0.5, 0.6) is 0 Å². The molecule has 94 heavy (non-hydrogen) atoms. The van der Waals surface area contributed by atoms with Gasteiger partial charge in [-0.25, -0.2) is 0 Å². The second kappa shape index (κ2) is 20.9. The van der Waals surface area contributed by atoms with E-state index in [4.69, 9.17) is 0 Å². The van der Waals surface area contributed by atoms with Gasteiger partial charge < -0.3 is 18.3 Å². The zero-order chi connectivity index (χ0) is 61.5. The molecule has 0 N–H and O–H groups in total. The Bertz CT molecular complexity index is 6450. The van der Waals surface area contributed by atoms with Gasteiger partial charge in [-0.1, -0.05) is 194 Å². The summed E-state index contributed by atoms with van der Waals surface area (Å²) in [6.07, 6.45) is 0. The first-order valence-electron chi connectivity index (χ1n) is 32.1. The maximum absolute atomic E-state index is 2.47. The summed E-state index contributed by atoms with van der Waals surface area (Å²) >= 11 is 3.74. The molecule has 4 nitrogen and oxygen atoms in total. The van der Waals surface area contributed by atoms with Gasteiger partial charge in [0.1, 0.15) is 0 Å². The number of hydrogen-bond donors (Lipinski definition) is 0. The summed E-state index contributed by atoms with van der Waals surface area (Å²) in [5, 5.41) is 17.9. The van der Waals surface area contributed by atoms with Gasteiger partial charge in [0.15, 0.2) is 0 Å². The van der Waals surface area contributed by atoms with E-state index in [1.165, 1.54) is 183 Å². The summed E-state index contributed by atoms with van der Waals surface area (Å²) in [6, 6.07) is 120. The van der Waals surface area contributed by atoms with Crippen molar-refractivity contribution in [3.63, 3.8) is 0 Å². The normalized spacial score (nSPS) is 12.0.